The minimum Gasteiger partial charge on any atom is -0.492 e. The second kappa shape index (κ2) is 5.92. The molecule has 0 atom stereocenters. The molecule has 0 amide bonds. The highest BCUT2D eigenvalue weighted by atomic mass is 16.5. The molecule has 0 spiro atoms. The predicted molar refractivity (Wildman–Crippen MR) is 71.5 cm³/mol. The molecule has 3 nitrogen and oxygen atoms in total. The Morgan fingerprint density at radius 2 is 1.94 bits per heavy atom. The Balaban J connectivity index is 1.98. The van der Waals surface area contributed by atoms with Gasteiger partial charge in [-0.15, -0.1) is 0 Å². The van der Waals surface area contributed by atoms with E-state index < -0.39 is 0 Å². The Morgan fingerprint density at radius 3 is 2.65 bits per heavy atom. The van der Waals surface area contributed by atoms with Gasteiger partial charge in [-0.1, -0.05) is 12.1 Å². The molecule has 1 aromatic carbocycles. The minimum atomic E-state index is 0.398. The van der Waals surface area contributed by atoms with Gasteiger partial charge < -0.3 is 15.8 Å². The number of nitrogens with two attached hydrogens (primary N) is 1. The SMILES string of the molecule is CCOc1ccccc1NC1CCC(N)CC1. The van der Waals surface area contributed by atoms with Crippen molar-refractivity contribution in [1.29, 1.82) is 0 Å². The lowest BCUT2D eigenvalue weighted by atomic mass is 9.91. The molecule has 17 heavy (non-hydrogen) atoms. The Hall–Kier alpha value is -1.22. The van der Waals surface area contributed by atoms with Crippen molar-refractivity contribution >= 4 is 5.69 Å². The molecule has 0 saturated heterocycles. The van der Waals surface area contributed by atoms with Gasteiger partial charge in [0.05, 0.1) is 12.3 Å². The van der Waals surface area contributed by atoms with Gasteiger partial charge in [-0.25, -0.2) is 0 Å². The lowest BCUT2D eigenvalue weighted by Gasteiger charge is -2.28. The van der Waals surface area contributed by atoms with Crippen molar-refractivity contribution in [2.75, 3.05) is 11.9 Å². The van der Waals surface area contributed by atoms with Crippen LogP contribution in [0.5, 0.6) is 5.75 Å². The fourth-order valence-electron chi connectivity index (χ4n) is 2.35. The van der Waals surface area contributed by atoms with Gasteiger partial charge in [-0.2, -0.15) is 0 Å². The zero-order valence-corrected chi connectivity index (χ0v) is 10.5. The Labute approximate surface area is 103 Å². The van der Waals surface area contributed by atoms with E-state index in [1.54, 1.807) is 0 Å². The molecule has 1 aliphatic rings. The van der Waals surface area contributed by atoms with E-state index in [0.29, 0.717) is 18.7 Å². The Kier molecular flexibility index (Phi) is 4.26. The second-order valence-corrected chi connectivity index (χ2v) is 4.69. The maximum absolute atomic E-state index is 5.92. The first-order valence-corrected chi connectivity index (χ1v) is 6.53. The normalized spacial score (nSPS) is 24.4. The quantitative estimate of drug-likeness (QED) is 0.842. The van der Waals surface area contributed by atoms with Crippen LogP contribution in [0.15, 0.2) is 24.3 Å². The summed E-state index contributed by atoms with van der Waals surface area (Å²) >= 11 is 0. The summed E-state index contributed by atoms with van der Waals surface area (Å²) in [5.41, 5.74) is 7.02. The molecule has 3 heteroatoms. The summed E-state index contributed by atoms with van der Waals surface area (Å²) in [4.78, 5) is 0. The van der Waals surface area contributed by atoms with Crippen LogP contribution in [0.4, 0.5) is 5.69 Å². The first kappa shape index (κ1) is 12.2. The number of nitrogens with one attached hydrogen (secondary N) is 1. The first-order valence-electron chi connectivity index (χ1n) is 6.53. The van der Waals surface area contributed by atoms with E-state index >= 15 is 0 Å². The molecule has 3 N–H and O–H groups in total. The zero-order chi connectivity index (χ0) is 12.1. The highest BCUT2D eigenvalue weighted by Gasteiger charge is 2.19. The molecule has 0 heterocycles. The van der Waals surface area contributed by atoms with Gasteiger partial charge in [0.2, 0.25) is 0 Å². The molecule has 0 radical (unpaired) electrons. The average Bonchev–Trinajstić information content (AvgIpc) is 2.35. The zero-order valence-electron chi connectivity index (χ0n) is 10.5. The lowest BCUT2D eigenvalue weighted by molar-refractivity contribution is 0.340. The summed E-state index contributed by atoms with van der Waals surface area (Å²) in [5.74, 6) is 0.949. The van der Waals surface area contributed by atoms with Gasteiger partial charge in [0.1, 0.15) is 5.75 Å². The van der Waals surface area contributed by atoms with Gasteiger partial charge in [0.25, 0.3) is 0 Å². The number of rotatable bonds is 4. The van der Waals surface area contributed by atoms with E-state index in [0.717, 1.165) is 37.1 Å². The van der Waals surface area contributed by atoms with Crippen LogP contribution in [0.25, 0.3) is 0 Å². The summed E-state index contributed by atoms with van der Waals surface area (Å²) in [7, 11) is 0. The maximum atomic E-state index is 5.92. The highest BCUT2D eigenvalue weighted by Crippen LogP contribution is 2.27. The molecule has 1 saturated carbocycles. The van der Waals surface area contributed by atoms with E-state index in [4.69, 9.17) is 10.5 Å². The smallest absolute Gasteiger partial charge is 0.142 e. The maximum Gasteiger partial charge on any atom is 0.142 e. The molecule has 0 unspecified atom stereocenters. The van der Waals surface area contributed by atoms with E-state index in [-0.39, 0.29) is 0 Å². The summed E-state index contributed by atoms with van der Waals surface area (Å²) < 4.78 is 5.61. The number of anilines is 1. The third-order valence-corrected chi connectivity index (χ3v) is 3.32. The number of hydrogen-bond acceptors (Lipinski definition) is 3. The van der Waals surface area contributed by atoms with Crippen LogP contribution in [-0.2, 0) is 0 Å². The average molecular weight is 234 g/mol. The summed E-state index contributed by atoms with van der Waals surface area (Å²) in [6, 6.07) is 9.08. The molecule has 2 rings (SSSR count). The third kappa shape index (κ3) is 3.37. The van der Waals surface area contributed by atoms with Crippen LogP contribution in [0.3, 0.4) is 0 Å². The standard InChI is InChI=1S/C14H22N2O/c1-2-17-14-6-4-3-5-13(14)16-12-9-7-11(15)8-10-12/h3-6,11-12,16H,2,7-10,15H2,1H3. The minimum absolute atomic E-state index is 0.398. The summed E-state index contributed by atoms with van der Waals surface area (Å²) in [6.07, 6.45) is 4.55. The van der Waals surface area contributed by atoms with Crippen LogP contribution in [0.1, 0.15) is 32.6 Å². The van der Waals surface area contributed by atoms with E-state index in [9.17, 15) is 0 Å². The van der Waals surface area contributed by atoms with E-state index in [1.807, 2.05) is 25.1 Å². The number of benzene rings is 1. The predicted octanol–water partition coefficient (Wildman–Crippen LogP) is 2.77. The van der Waals surface area contributed by atoms with Crippen molar-refractivity contribution in [3.05, 3.63) is 24.3 Å². The topological polar surface area (TPSA) is 47.3 Å². The van der Waals surface area contributed by atoms with Crippen molar-refractivity contribution in [3.8, 4) is 5.75 Å². The van der Waals surface area contributed by atoms with Crippen molar-refractivity contribution in [2.24, 2.45) is 5.73 Å². The van der Waals surface area contributed by atoms with Crippen molar-refractivity contribution in [2.45, 2.75) is 44.7 Å². The van der Waals surface area contributed by atoms with Crippen molar-refractivity contribution in [3.63, 3.8) is 0 Å². The molecule has 0 aliphatic heterocycles. The fourth-order valence-corrected chi connectivity index (χ4v) is 2.35. The van der Waals surface area contributed by atoms with Crippen molar-refractivity contribution < 1.29 is 4.74 Å². The largest absolute Gasteiger partial charge is 0.492 e. The van der Waals surface area contributed by atoms with Gasteiger partial charge in [0.15, 0.2) is 0 Å². The highest BCUT2D eigenvalue weighted by molar-refractivity contribution is 5.56. The van der Waals surface area contributed by atoms with Crippen molar-refractivity contribution in [1.82, 2.24) is 0 Å². The number of ether oxygens (including phenoxy) is 1. The summed E-state index contributed by atoms with van der Waals surface area (Å²) in [6.45, 7) is 2.71. The third-order valence-electron chi connectivity index (χ3n) is 3.32. The van der Waals surface area contributed by atoms with Crippen LogP contribution in [0, 0.1) is 0 Å². The van der Waals surface area contributed by atoms with Crippen LogP contribution < -0.4 is 15.8 Å². The van der Waals surface area contributed by atoms with Gasteiger partial charge in [-0.05, 0) is 44.7 Å². The second-order valence-electron chi connectivity index (χ2n) is 4.69. The lowest BCUT2D eigenvalue weighted by Crippen LogP contribution is -2.32. The van der Waals surface area contributed by atoms with Gasteiger partial charge in [-0.3, -0.25) is 0 Å². The Morgan fingerprint density at radius 1 is 1.24 bits per heavy atom. The van der Waals surface area contributed by atoms with Gasteiger partial charge >= 0.3 is 0 Å². The monoisotopic (exact) mass is 234 g/mol. The van der Waals surface area contributed by atoms with Gasteiger partial charge in [0, 0.05) is 12.1 Å². The van der Waals surface area contributed by atoms with Crippen LogP contribution >= 0.6 is 0 Å². The molecule has 1 fully saturated rings. The fraction of sp³-hybridized carbons (Fsp3) is 0.571. The molecular formula is C14H22N2O. The molecule has 0 aromatic heterocycles. The number of hydrogen-bond donors (Lipinski definition) is 2. The van der Waals surface area contributed by atoms with Crippen LogP contribution in [0.2, 0.25) is 0 Å². The molecule has 1 aliphatic carbocycles. The van der Waals surface area contributed by atoms with E-state index in [2.05, 4.69) is 11.4 Å². The number of para-hydroxylation sites is 2. The molecular weight excluding hydrogens is 212 g/mol. The molecule has 1 aromatic rings. The first-order chi connectivity index (χ1) is 8.29. The Bertz CT molecular complexity index is 346. The molecule has 94 valence electrons. The summed E-state index contributed by atoms with van der Waals surface area (Å²) in [5, 5.41) is 3.57. The van der Waals surface area contributed by atoms with Crippen LogP contribution in [-0.4, -0.2) is 18.7 Å². The van der Waals surface area contributed by atoms with E-state index in [1.165, 1.54) is 0 Å². The molecule has 0 bridgehead atoms.